The summed E-state index contributed by atoms with van der Waals surface area (Å²) in [4.78, 5) is 32.9. The second-order valence-corrected chi connectivity index (χ2v) is 9.30. The Morgan fingerprint density at radius 2 is 1.78 bits per heavy atom. The number of aromatic amines is 1. The van der Waals surface area contributed by atoms with E-state index in [9.17, 15) is 13.6 Å². The van der Waals surface area contributed by atoms with Gasteiger partial charge in [-0.15, -0.1) is 0 Å². The molecule has 1 fully saturated rings. The SMILES string of the molecule is NC(=O)c1ncnc2nc(C3CCCC3)n(Cc3cc(F)cc(-c4ncc(-c5ccc(F)cc5)[nH]4)c3)c12. The monoisotopic (exact) mass is 499 g/mol. The summed E-state index contributed by atoms with van der Waals surface area (Å²) in [5.41, 5.74) is 9.24. The molecule has 3 aromatic heterocycles. The molecule has 3 N–H and O–H groups in total. The summed E-state index contributed by atoms with van der Waals surface area (Å²) in [6, 6.07) is 10.7. The molecule has 6 rings (SSSR count). The zero-order chi connectivity index (χ0) is 25.5. The van der Waals surface area contributed by atoms with Crippen molar-refractivity contribution in [2.24, 2.45) is 5.73 Å². The summed E-state index contributed by atoms with van der Waals surface area (Å²) in [5.74, 6) is 0.0740. The van der Waals surface area contributed by atoms with E-state index in [1.54, 1.807) is 18.3 Å². The second kappa shape index (κ2) is 9.20. The summed E-state index contributed by atoms with van der Waals surface area (Å²) in [6.45, 7) is 0.256. The number of nitrogens with one attached hydrogen (secondary N) is 1. The van der Waals surface area contributed by atoms with Crippen LogP contribution in [0.2, 0.25) is 0 Å². The first-order valence-electron chi connectivity index (χ1n) is 12.1. The van der Waals surface area contributed by atoms with Crippen LogP contribution in [0.3, 0.4) is 0 Å². The summed E-state index contributed by atoms with van der Waals surface area (Å²) in [7, 11) is 0. The fourth-order valence-corrected chi connectivity index (χ4v) is 5.12. The number of carbonyl (C=O) groups excluding carboxylic acids is 1. The fourth-order valence-electron chi connectivity index (χ4n) is 5.12. The van der Waals surface area contributed by atoms with Crippen LogP contribution >= 0.6 is 0 Å². The molecular weight excluding hydrogens is 476 g/mol. The molecular formula is C27H23F2N7O. The van der Waals surface area contributed by atoms with Crippen molar-refractivity contribution in [2.45, 2.75) is 38.1 Å². The molecule has 3 heterocycles. The highest BCUT2D eigenvalue weighted by molar-refractivity contribution is 6.01. The maximum atomic E-state index is 14.8. The highest BCUT2D eigenvalue weighted by Crippen LogP contribution is 2.36. The molecule has 1 amide bonds. The molecule has 186 valence electrons. The van der Waals surface area contributed by atoms with Crippen LogP contribution in [0.5, 0.6) is 0 Å². The van der Waals surface area contributed by atoms with Crippen molar-refractivity contribution in [1.29, 1.82) is 0 Å². The number of nitrogens with zero attached hydrogens (tertiary/aromatic N) is 5. The number of aromatic nitrogens is 6. The van der Waals surface area contributed by atoms with Gasteiger partial charge >= 0.3 is 0 Å². The molecule has 5 aromatic rings. The third-order valence-corrected chi connectivity index (χ3v) is 6.83. The minimum Gasteiger partial charge on any atom is -0.364 e. The van der Waals surface area contributed by atoms with Crippen molar-refractivity contribution in [3.63, 3.8) is 0 Å². The normalized spacial score (nSPS) is 14.0. The third-order valence-electron chi connectivity index (χ3n) is 6.83. The number of benzene rings is 2. The predicted octanol–water partition coefficient (Wildman–Crippen LogP) is 4.97. The number of fused-ring (bicyclic) bond motifs is 1. The van der Waals surface area contributed by atoms with E-state index in [0.717, 1.165) is 37.1 Å². The van der Waals surface area contributed by atoms with Gasteiger partial charge in [-0.2, -0.15) is 0 Å². The van der Waals surface area contributed by atoms with E-state index in [1.807, 2.05) is 10.6 Å². The van der Waals surface area contributed by atoms with Crippen LogP contribution in [0.1, 0.15) is 53.5 Å². The van der Waals surface area contributed by atoms with E-state index in [-0.39, 0.29) is 24.0 Å². The molecule has 1 saturated carbocycles. The Balaban J connectivity index is 1.41. The first-order chi connectivity index (χ1) is 18.0. The molecule has 0 bridgehead atoms. The number of H-pyrrole nitrogens is 1. The molecule has 0 saturated heterocycles. The Bertz CT molecular complexity index is 1620. The van der Waals surface area contributed by atoms with Gasteiger partial charge in [0.2, 0.25) is 0 Å². The summed E-state index contributed by atoms with van der Waals surface area (Å²) >= 11 is 0. The topological polar surface area (TPSA) is 115 Å². The fraction of sp³-hybridized carbons (Fsp3) is 0.222. The lowest BCUT2D eigenvalue weighted by Crippen LogP contribution is -2.17. The molecule has 0 radical (unpaired) electrons. The van der Waals surface area contributed by atoms with E-state index in [4.69, 9.17) is 10.7 Å². The summed E-state index contributed by atoms with van der Waals surface area (Å²) in [5, 5.41) is 0. The Hall–Kier alpha value is -4.47. The van der Waals surface area contributed by atoms with Gasteiger partial charge in [0.15, 0.2) is 11.3 Å². The molecule has 37 heavy (non-hydrogen) atoms. The van der Waals surface area contributed by atoms with Crippen LogP contribution in [-0.4, -0.2) is 35.4 Å². The Morgan fingerprint density at radius 3 is 2.54 bits per heavy atom. The van der Waals surface area contributed by atoms with E-state index in [2.05, 4.69) is 19.9 Å². The average molecular weight is 500 g/mol. The quantitative estimate of drug-likeness (QED) is 0.342. The van der Waals surface area contributed by atoms with Gasteiger partial charge in [-0.3, -0.25) is 4.79 Å². The van der Waals surface area contributed by atoms with Gasteiger partial charge in [-0.05, 0) is 66.4 Å². The zero-order valence-electron chi connectivity index (χ0n) is 19.8. The molecule has 0 unspecified atom stereocenters. The highest BCUT2D eigenvalue weighted by Gasteiger charge is 2.27. The first-order valence-corrected chi connectivity index (χ1v) is 12.1. The van der Waals surface area contributed by atoms with E-state index < -0.39 is 11.7 Å². The Morgan fingerprint density at radius 1 is 1.00 bits per heavy atom. The van der Waals surface area contributed by atoms with Crippen LogP contribution in [-0.2, 0) is 6.54 Å². The molecule has 0 atom stereocenters. The van der Waals surface area contributed by atoms with Gasteiger partial charge in [0.05, 0.1) is 11.9 Å². The van der Waals surface area contributed by atoms with Crippen molar-refractivity contribution in [3.05, 3.63) is 83.7 Å². The van der Waals surface area contributed by atoms with Crippen LogP contribution < -0.4 is 5.73 Å². The van der Waals surface area contributed by atoms with Gasteiger partial charge in [-0.25, -0.2) is 28.7 Å². The number of carbonyl (C=O) groups is 1. The van der Waals surface area contributed by atoms with E-state index in [0.29, 0.717) is 33.8 Å². The number of amides is 1. The van der Waals surface area contributed by atoms with Crippen molar-refractivity contribution < 1.29 is 13.6 Å². The largest absolute Gasteiger partial charge is 0.364 e. The molecule has 1 aliphatic rings. The van der Waals surface area contributed by atoms with Crippen molar-refractivity contribution in [3.8, 4) is 22.6 Å². The lowest BCUT2D eigenvalue weighted by atomic mass is 10.1. The molecule has 0 spiro atoms. The molecule has 10 heteroatoms. The van der Waals surface area contributed by atoms with Crippen LogP contribution in [0, 0.1) is 11.6 Å². The Labute approximate surface area is 210 Å². The maximum Gasteiger partial charge on any atom is 0.269 e. The van der Waals surface area contributed by atoms with Gasteiger partial charge in [0.1, 0.15) is 35.1 Å². The minimum absolute atomic E-state index is 0.0911. The van der Waals surface area contributed by atoms with Gasteiger partial charge in [0, 0.05) is 18.0 Å². The Kier molecular flexibility index (Phi) is 5.71. The van der Waals surface area contributed by atoms with Crippen molar-refractivity contribution in [1.82, 2.24) is 29.5 Å². The standard InChI is InChI=1S/C27H23F2N7O/c28-19-7-5-16(6-8-19)21-12-31-25(34-21)18-9-15(10-20(29)11-18)13-36-23-22(24(30)37)32-14-33-26(23)35-27(36)17-3-1-2-4-17/h5-12,14,17H,1-4,13H2,(H2,30,37)(H,31,34). The number of halogens is 2. The number of hydrogen-bond donors (Lipinski definition) is 2. The van der Waals surface area contributed by atoms with Gasteiger partial charge in [0.25, 0.3) is 5.91 Å². The summed E-state index contributed by atoms with van der Waals surface area (Å²) < 4.78 is 30.0. The lowest BCUT2D eigenvalue weighted by Gasteiger charge is -2.15. The highest BCUT2D eigenvalue weighted by atomic mass is 19.1. The zero-order valence-corrected chi connectivity index (χ0v) is 19.8. The number of nitrogens with two attached hydrogens (primary N) is 1. The summed E-state index contributed by atoms with van der Waals surface area (Å²) in [6.07, 6.45) is 7.08. The number of rotatable bonds is 6. The van der Waals surface area contributed by atoms with Crippen molar-refractivity contribution >= 4 is 17.1 Å². The third kappa shape index (κ3) is 4.35. The van der Waals surface area contributed by atoms with Crippen LogP contribution in [0.25, 0.3) is 33.8 Å². The van der Waals surface area contributed by atoms with Gasteiger partial charge in [-0.1, -0.05) is 12.8 Å². The smallest absolute Gasteiger partial charge is 0.269 e. The number of imidazole rings is 2. The predicted molar refractivity (Wildman–Crippen MR) is 134 cm³/mol. The number of hydrogen-bond acceptors (Lipinski definition) is 5. The average Bonchev–Trinajstić information content (AvgIpc) is 3.64. The maximum absolute atomic E-state index is 14.8. The number of primary amides is 1. The second-order valence-electron chi connectivity index (χ2n) is 9.30. The lowest BCUT2D eigenvalue weighted by molar-refractivity contribution is 0.0996. The molecule has 8 nitrogen and oxygen atoms in total. The van der Waals surface area contributed by atoms with Crippen LogP contribution in [0.4, 0.5) is 8.78 Å². The van der Waals surface area contributed by atoms with Crippen LogP contribution in [0.15, 0.2) is 55.0 Å². The first kappa shape index (κ1) is 23.0. The van der Waals surface area contributed by atoms with Crippen molar-refractivity contribution in [2.75, 3.05) is 0 Å². The molecule has 0 aliphatic heterocycles. The molecule has 2 aromatic carbocycles. The van der Waals surface area contributed by atoms with E-state index in [1.165, 1.54) is 30.6 Å². The van der Waals surface area contributed by atoms with Gasteiger partial charge < -0.3 is 15.3 Å². The van der Waals surface area contributed by atoms with E-state index >= 15 is 0 Å². The molecule has 1 aliphatic carbocycles. The minimum atomic E-state index is -0.671.